The van der Waals surface area contributed by atoms with Crippen LogP contribution in [0.5, 0.6) is 0 Å². The number of rotatable bonds is 5. The lowest BCUT2D eigenvalue weighted by molar-refractivity contribution is 0.0950. The molecule has 0 atom stereocenters. The summed E-state index contributed by atoms with van der Waals surface area (Å²) in [6, 6.07) is 21.8. The van der Waals surface area contributed by atoms with E-state index in [2.05, 4.69) is 39.8 Å². The number of aryl methyl sites for hydroxylation is 1. The first-order valence-corrected chi connectivity index (χ1v) is 11.2. The van der Waals surface area contributed by atoms with Gasteiger partial charge in [-0.1, -0.05) is 42.0 Å². The fourth-order valence-electron chi connectivity index (χ4n) is 4.17. The Morgan fingerprint density at radius 2 is 1.66 bits per heavy atom. The second-order valence-corrected chi connectivity index (χ2v) is 8.74. The fraction of sp³-hybridized carbons (Fsp3) is 0.259. The molecule has 0 unspecified atom stereocenters. The van der Waals surface area contributed by atoms with Gasteiger partial charge in [-0.3, -0.25) is 9.59 Å². The van der Waals surface area contributed by atoms with E-state index < -0.39 is 0 Å². The van der Waals surface area contributed by atoms with Gasteiger partial charge < -0.3 is 15.5 Å². The summed E-state index contributed by atoms with van der Waals surface area (Å²) in [6.45, 7) is 3.62. The topological polar surface area (TPSA) is 61.4 Å². The van der Waals surface area contributed by atoms with Crippen LogP contribution in [0.3, 0.4) is 0 Å². The van der Waals surface area contributed by atoms with E-state index >= 15 is 0 Å². The summed E-state index contributed by atoms with van der Waals surface area (Å²) in [4.78, 5) is 28.1. The summed E-state index contributed by atoms with van der Waals surface area (Å²) in [7, 11) is 0. The molecular weight excluding hydrogens is 398 g/mol. The van der Waals surface area contributed by atoms with Crippen LogP contribution in [-0.2, 0) is 13.0 Å². The molecule has 32 heavy (non-hydrogen) atoms. The first-order valence-electron chi connectivity index (χ1n) is 11.2. The van der Waals surface area contributed by atoms with Crippen molar-refractivity contribution in [2.45, 2.75) is 38.8 Å². The van der Waals surface area contributed by atoms with Crippen molar-refractivity contribution in [3.05, 3.63) is 94.5 Å². The summed E-state index contributed by atoms with van der Waals surface area (Å²) in [6.07, 6.45) is 3.01. The first kappa shape index (κ1) is 20.3. The van der Waals surface area contributed by atoms with Crippen LogP contribution < -0.4 is 15.5 Å². The van der Waals surface area contributed by atoms with Crippen LogP contribution in [0.1, 0.15) is 50.2 Å². The van der Waals surface area contributed by atoms with Gasteiger partial charge in [-0.05, 0) is 67.6 Å². The summed E-state index contributed by atoms with van der Waals surface area (Å²) in [5.74, 6) is -0.258. The highest BCUT2D eigenvalue weighted by molar-refractivity contribution is 6.06. The molecule has 1 heterocycles. The highest BCUT2D eigenvalue weighted by Crippen LogP contribution is 2.30. The van der Waals surface area contributed by atoms with Crippen molar-refractivity contribution in [1.82, 2.24) is 5.32 Å². The highest BCUT2D eigenvalue weighted by Gasteiger charge is 2.27. The van der Waals surface area contributed by atoms with E-state index in [0.29, 0.717) is 16.8 Å². The largest absolute Gasteiger partial charge is 0.366 e. The smallest absolute Gasteiger partial charge is 0.255 e. The molecule has 0 radical (unpaired) electrons. The minimum atomic E-state index is -0.182. The molecule has 2 amide bonds. The quantitative estimate of drug-likeness (QED) is 0.623. The molecule has 0 aromatic heterocycles. The Morgan fingerprint density at radius 1 is 0.906 bits per heavy atom. The van der Waals surface area contributed by atoms with Crippen molar-refractivity contribution in [3.8, 4) is 0 Å². The fourth-order valence-corrected chi connectivity index (χ4v) is 4.17. The van der Waals surface area contributed by atoms with E-state index in [1.807, 2.05) is 43.3 Å². The van der Waals surface area contributed by atoms with E-state index in [9.17, 15) is 9.59 Å². The number of benzene rings is 3. The molecule has 0 bridgehead atoms. The van der Waals surface area contributed by atoms with Crippen molar-refractivity contribution < 1.29 is 9.59 Å². The van der Waals surface area contributed by atoms with Gasteiger partial charge in [0.15, 0.2) is 0 Å². The van der Waals surface area contributed by atoms with Crippen molar-refractivity contribution in [1.29, 1.82) is 0 Å². The molecule has 0 saturated heterocycles. The second-order valence-electron chi connectivity index (χ2n) is 8.74. The lowest BCUT2D eigenvalue weighted by Crippen LogP contribution is -2.33. The number of hydrogen-bond acceptors (Lipinski definition) is 3. The minimum absolute atomic E-state index is 0.0761. The lowest BCUT2D eigenvalue weighted by Gasteiger charge is -2.32. The van der Waals surface area contributed by atoms with E-state index in [1.54, 1.807) is 6.07 Å². The Labute approximate surface area is 188 Å². The zero-order chi connectivity index (χ0) is 22.1. The average molecular weight is 426 g/mol. The predicted octanol–water partition coefficient (Wildman–Crippen LogP) is 4.70. The maximum Gasteiger partial charge on any atom is 0.255 e. The van der Waals surface area contributed by atoms with Gasteiger partial charge in [0.25, 0.3) is 11.8 Å². The molecule has 3 aromatic carbocycles. The van der Waals surface area contributed by atoms with E-state index in [-0.39, 0.29) is 17.9 Å². The van der Waals surface area contributed by atoms with Gasteiger partial charge in [-0.15, -0.1) is 0 Å². The lowest BCUT2D eigenvalue weighted by atomic mass is 9.98. The SMILES string of the molecule is Cc1ccc(C(=O)Nc2ccc(N3CCc4ccccc4C3)c(C(=O)NC3CC3)c2)cc1. The van der Waals surface area contributed by atoms with Crippen LogP contribution in [0, 0.1) is 6.92 Å². The number of fused-ring (bicyclic) bond motifs is 1. The van der Waals surface area contributed by atoms with Gasteiger partial charge in [0.2, 0.25) is 0 Å². The second kappa shape index (κ2) is 8.50. The van der Waals surface area contributed by atoms with Crippen LogP contribution in [0.25, 0.3) is 0 Å². The first-order chi connectivity index (χ1) is 15.6. The van der Waals surface area contributed by atoms with Gasteiger partial charge in [0, 0.05) is 36.1 Å². The monoisotopic (exact) mass is 425 g/mol. The standard InChI is InChI=1S/C27H27N3O2/c1-18-6-8-20(9-7-18)26(31)29-23-12-13-25(24(16-23)27(32)28-22-10-11-22)30-15-14-19-4-2-3-5-21(19)17-30/h2-9,12-13,16,22H,10-11,14-15,17H2,1H3,(H,28,32)(H,29,31). The number of anilines is 2. The van der Waals surface area contributed by atoms with Crippen molar-refractivity contribution in [2.75, 3.05) is 16.8 Å². The van der Waals surface area contributed by atoms with Crippen LogP contribution >= 0.6 is 0 Å². The van der Waals surface area contributed by atoms with Gasteiger partial charge in [0.1, 0.15) is 0 Å². The van der Waals surface area contributed by atoms with Crippen LogP contribution in [0.2, 0.25) is 0 Å². The Kier molecular flexibility index (Phi) is 5.39. The van der Waals surface area contributed by atoms with Crippen molar-refractivity contribution in [3.63, 3.8) is 0 Å². The molecule has 5 heteroatoms. The van der Waals surface area contributed by atoms with Gasteiger partial charge in [0.05, 0.1) is 5.56 Å². The number of hydrogen-bond donors (Lipinski definition) is 2. The Balaban J connectivity index is 1.42. The summed E-state index contributed by atoms with van der Waals surface area (Å²) in [5, 5.41) is 6.06. The number of carbonyl (C=O) groups is 2. The third-order valence-corrected chi connectivity index (χ3v) is 6.20. The predicted molar refractivity (Wildman–Crippen MR) is 127 cm³/mol. The minimum Gasteiger partial charge on any atom is -0.366 e. The number of carbonyl (C=O) groups excluding carboxylic acids is 2. The van der Waals surface area contributed by atoms with Gasteiger partial charge in [-0.2, -0.15) is 0 Å². The molecule has 1 fully saturated rings. The molecule has 5 rings (SSSR count). The van der Waals surface area contributed by atoms with E-state index in [0.717, 1.165) is 43.6 Å². The molecule has 1 aliphatic carbocycles. The molecule has 2 N–H and O–H groups in total. The van der Waals surface area contributed by atoms with Gasteiger partial charge in [-0.25, -0.2) is 0 Å². The Hall–Kier alpha value is -3.60. The molecule has 3 aromatic rings. The molecular formula is C27H27N3O2. The van der Waals surface area contributed by atoms with E-state index in [1.165, 1.54) is 11.1 Å². The third kappa shape index (κ3) is 4.37. The summed E-state index contributed by atoms with van der Waals surface area (Å²) >= 11 is 0. The Bertz CT molecular complexity index is 1170. The van der Waals surface area contributed by atoms with E-state index in [4.69, 9.17) is 0 Å². The van der Waals surface area contributed by atoms with Crippen LogP contribution in [0.4, 0.5) is 11.4 Å². The summed E-state index contributed by atoms with van der Waals surface area (Å²) < 4.78 is 0. The van der Waals surface area contributed by atoms with Crippen molar-refractivity contribution >= 4 is 23.2 Å². The zero-order valence-corrected chi connectivity index (χ0v) is 18.2. The maximum absolute atomic E-state index is 13.1. The summed E-state index contributed by atoms with van der Waals surface area (Å²) in [5.41, 5.74) is 6.50. The van der Waals surface area contributed by atoms with Crippen LogP contribution in [0.15, 0.2) is 66.7 Å². The zero-order valence-electron chi connectivity index (χ0n) is 18.2. The average Bonchev–Trinajstić information content (AvgIpc) is 3.63. The number of nitrogens with zero attached hydrogens (tertiary/aromatic N) is 1. The molecule has 162 valence electrons. The third-order valence-electron chi connectivity index (χ3n) is 6.20. The Morgan fingerprint density at radius 3 is 2.41 bits per heavy atom. The normalized spacial score (nSPS) is 15.1. The molecule has 0 spiro atoms. The molecule has 2 aliphatic rings. The number of amides is 2. The van der Waals surface area contributed by atoms with Crippen LogP contribution in [-0.4, -0.2) is 24.4 Å². The number of nitrogens with one attached hydrogen (secondary N) is 2. The molecule has 1 aliphatic heterocycles. The maximum atomic E-state index is 13.1. The van der Waals surface area contributed by atoms with Crippen molar-refractivity contribution in [2.24, 2.45) is 0 Å². The molecule has 5 nitrogen and oxygen atoms in total. The van der Waals surface area contributed by atoms with Gasteiger partial charge >= 0.3 is 0 Å². The molecule has 1 saturated carbocycles. The highest BCUT2D eigenvalue weighted by atomic mass is 16.2.